The van der Waals surface area contributed by atoms with Crippen LogP contribution in [0.4, 0.5) is 0 Å². The number of hydrogen-bond acceptors (Lipinski definition) is 9. The van der Waals surface area contributed by atoms with E-state index in [1.54, 1.807) is 13.8 Å². The zero-order chi connectivity index (χ0) is 26.8. The third-order valence-corrected chi connectivity index (χ3v) is 5.08. The van der Waals surface area contributed by atoms with Crippen molar-refractivity contribution >= 4 is 26.0 Å². The number of phosphoric acid groups is 1. The van der Waals surface area contributed by atoms with E-state index in [0.717, 1.165) is 13.2 Å². The van der Waals surface area contributed by atoms with Gasteiger partial charge in [0.05, 0.1) is 6.61 Å². The molecule has 1 fully saturated rings. The molecule has 0 aromatic heterocycles. The summed E-state index contributed by atoms with van der Waals surface area (Å²) in [5.41, 5.74) is -0.247. The first-order valence-corrected chi connectivity index (χ1v) is 13.1. The fourth-order valence-electron chi connectivity index (χ4n) is 2.06. The van der Waals surface area contributed by atoms with E-state index >= 15 is 0 Å². The van der Waals surface area contributed by atoms with Gasteiger partial charge in [0.2, 0.25) is 12.7 Å². The Morgan fingerprint density at radius 3 is 2.29 bits per heavy atom. The second kappa shape index (κ2) is 18.0. The van der Waals surface area contributed by atoms with Gasteiger partial charge in [0, 0.05) is 33.0 Å². The molecule has 1 aliphatic rings. The molecular weight excluding hydrogens is 465 g/mol. The number of rotatable bonds is 12. The highest BCUT2D eigenvalue weighted by atomic mass is 31.2. The summed E-state index contributed by atoms with van der Waals surface area (Å²) >= 11 is 0. The van der Waals surface area contributed by atoms with Crippen LogP contribution >= 0.6 is 7.82 Å². The van der Waals surface area contributed by atoms with Crippen LogP contribution in [0.1, 0.15) is 83.0 Å². The van der Waals surface area contributed by atoms with Crippen molar-refractivity contribution in [3.8, 4) is 0 Å². The molecule has 1 aliphatic heterocycles. The van der Waals surface area contributed by atoms with Gasteiger partial charge in [-0.15, -0.1) is 0 Å². The van der Waals surface area contributed by atoms with E-state index in [4.69, 9.17) is 18.3 Å². The van der Waals surface area contributed by atoms with E-state index in [9.17, 15) is 18.9 Å². The predicted octanol–water partition coefficient (Wildman–Crippen LogP) is 4.90. The van der Waals surface area contributed by atoms with E-state index in [1.807, 2.05) is 6.92 Å². The topological polar surface area (TPSA) is 126 Å². The third-order valence-electron chi connectivity index (χ3n) is 3.75. The summed E-state index contributed by atoms with van der Waals surface area (Å²) in [5.74, 6) is -0.581. The predicted molar refractivity (Wildman–Crippen MR) is 132 cm³/mol. The molecule has 2 atom stereocenters. The Labute approximate surface area is 206 Å². The molecule has 1 N–H and O–H groups in total. The van der Waals surface area contributed by atoms with Crippen LogP contribution in [-0.4, -0.2) is 57.4 Å². The van der Waals surface area contributed by atoms with Crippen molar-refractivity contribution in [2.45, 2.75) is 87.7 Å². The number of phosphoric ester groups is 1. The molecule has 0 saturated carbocycles. The Hall–Kier alpha value is -1.32. The molecule has 204 valence electrons. The lowest BCUT2D eigenvalue weighted by atomic mass is 9.87. The average molecular weight is 514 g/mol. The van der Waals surface area contributed by atoms with Crippen molar-refractivity contribution in [3.05, 3.63) is 0 Å². The molecule has 0 bridgehead atoms. The largest absolute Gasteiger partial charge is 0.478 e. The zero-order valence-electron chi connectivity index (χ0n) is 22.4. The number of Topliss-reactive ketones (excluding diaryl/α,β-unsaturated/α-hetero) is 1. The first-order valence-electron chi connectivity index (χ1n) is 11.6. The SMILES string of the molecule is CC(=O)CCNC(=O)[C@@H]1OP(=O)(OCOC=O)OCC1(C)C.CC(C)(C)C.CCCCOCC.[HH]. The van der Waals surface area contributed by atoms with E-state index in [1.165, 1.54) is 19.8 Å². The molecular formula is C23H48NO9P. The minimum atomic E-state index is -4.00. The van der Waals surface area contributed by atoms with Gasteiger partial charge in [0.25, 0.3) is 6.47 Å². The molecule has 0 aromatic rings. The van der Waals surface area contributed by atoms with E-state index in [2.05, 4.69) is 44.7 Å². The molecule has 1 saturated heterocycles. The van der Waals surface area contributed by atoms with Gasteiger partial charge >= 0.3 is 7.82 Å². The van der Waals surface area contributed by atoms with Crippen LogP contribution in [0.2, 0.25) is 0 Å². The minimum absolute atomic E-state index is 0. The smallest absolute Gasteiger partial charge is 0.440 e. The van der Waals surface area contributed by atoms with Crippen LogP contribution in [0, 0.1) is 10.8 Å². The lowest BCUT2D eigenvalue weighted by Gasteiger charge is -2.39. The summed E-state index contributed by atoms with van der Waals surface area (Å²) in [6, 6.07) is 0. The van der Waals surface area contributed by atoms with Gasteiger partial charge in [-0.05, 0) is 25.7 Å². The Morgan fingerprint density at radius 1 is 1.24 bits per heavy atom. The molecule has 0 spiro atoms. The summed E-state index contributed by atoms with van der Waals surface area (Å²) in [7, 11) is -4.00. The van der Waals surface area contributed by atoms with Crippen molar-refractivity contribution in [2.24, 2.45) is 10.8 Å². The maximum absolute atomic E-state index is 12.2. The van der Waals surface area contributed by atoms with Gasteiger partial charge in [0.15, 0.2) is 6.10 Å². The van der Waals surface area contributed by atoms with Crippen molar-refractivity contribution < 1.29 is 43.4 Å². The van der Waals surface area contributed by atoms with Crippen LogP contribution in [-0.2, 0) is 42.0 Å². The number of nitrogens with one attached hydrogen (secondary N) is 1. The maximum atomic E-state index is 12.2. The lowest BCUT2D eigenvalue weighted by Crippen LogP contribution is -2.49. The molecule has 0 aliphatic carbocycles. The van der Waals surface area contributed by atoms with Crippen molar-refractivity contribution in [3.63, 3.8) is 0 Å². The van der Waals surface area contributed by atoms with Crippen LogP contribution in [0.25, 0.3) is 0 Å². The second-order valence-corrected chi connectivity index (χ2v) is 11.6. The summed E-state index contributed by atoms with van der Waals surface area (Å²) < 4.78 is 36.5. The van der Waals surface area contributed by atoms with Gasteiger partial charge in [-0.25, -0.2) is 9.09 Å². The highest BCUT2D eigenvalue weighted by Crippen LogP contribution is 2.57. The Bertz CT molecular complexity index is 629. The standard InChI is InChI=1S/C12H20NO8P.C6H14O.C5H12.H2/c1-9(15)4-5-13-11(16)10-12(2,3)6-19-22(17,21-10)20-8-18-7-14;1-3-5-6-7-4-2;1-5(2,3)4;/h7,10H,4-6,8H2,1-3H3,(H,13,16);3-6H2,1-2H3;1-4H3;1H/t10-,22?;;;/m0.../s1. The fourth-order valence-corrected chi connectivity index (χ4v) is 3.58. The van der Waals surface area contributed by atoms with Gasteiger partial charge in [-0.3, -0.25) is 23.4 Å². The highest BCUT2D eigenvalue weighted by Gasteiger charge is 2.49. The maximum Gasteiger partial charge on any atom is 0.478 e. The van der Waals surface area contributed by atoms with Gasteiger partial charge < -0.3 is 14.8 Å². The Morgan fingerprint density at radius 2 is 1.82 bits per heavy atom. The fraction of sp³-hybridized carbons (Fsp3) is 0.870. The molecule has 10 nitrogen and oxygen atoms in total. The Kier molecular flexibility index (Phi) is 18.5. The molecule has 1 rings (SSSR count). The molecule has 11 heteroatoms. The summed E-state index contributed by atoms with van der Waals surface area (Å²) in [6.45, 7) is 19.2. The molecule has 0 radical (unpaired) electrons. The monoisotopic (exact) mass is 513 g/mol. The van der Waals surface area contributed by atoms with E-state index < -0.39 is 32.0 Å². The van der Waals surface area contributed by atoms with Crippen LogP contribution in [0.3, 0.4) is 0 Å². The molecule has 34 heavy (non-hydrogen) atoms. The van der Waals surface area contributed by atoms with Crippen molar-refractivity contribution in [2.75, 3.05) is 33.2 Å². The lowest BCUT2D eigenvalue weighted by molar-refractivity contribution is -0.147. The summed E-state index contributed by atoms with van der Waals surface area (Å²) in [6.07, 6.45) is 1.54. The molecule has 1 heterocycles. The summed E-state index contributed by atoms with van der Waals surface area (Å²) in [5, 5.41) is 2.54. The highest BCUT2D eigenvalue weighted by molar-refractivity contribution is 7.48. The Balaban J connectivity index is -0.000000653. The van der Waals surface area contributed by atoms with Crippen molar-refractivity contribution in [1.29, 1.82) is 0 Å². The van der Waals surface area contributed by atoms with Gasteiger partial charge in [-0.2, -0.15) is 0 Å². The van der Waals surface area contributed by atoms with Crippen molar-refractivity contribution in [1.82, 2.24) is 5.32 Å². The van der Waals surface area contributed by atoms with Gasteiger partial charge in [0.1, 0.15) is 5.78 Å². The van der Waals surface area contributed by atoms with Crippen LogP contribution in [0.5, 0.6) is 0 Å². The average Bonchev–Trinajstić information content (AvgIpc) is 2.70. The molecule has 1 unspecified atom stereocenters. The number of unbranched alkanes of at least 4 members (excludes halogenated alkanes) is 1. The third kappa shape index (κ3) is 20.1. The number of hydrogen-bond donors (Lipinski definition) is 1. The van der Waals surface area contributed by atoms with Crippen LogP contribution < -0.4 is 5.32 Å². The first-order chi connectivity index (χ1) is 15.6. The zero-order valence-corrected chi connectivity index (χ0v) is 23.3. The number of ketones is 1. The normalized spacial score (nSPS) is 21.1. The number of carbonyl (C=O) groups excluding carboxylic acids is 3. The van der Waals surface area contributed by atoms with Gasteiger partial charge in [-0.1, -0.05) is 54.9 Å². The second-order valence-electron chi connectivity index (χ2n) is 10.00. The van der Waals surface area contributed by atoms with E-state index in [0.29, 0.717) is 5.41 Å². The number of carbonyl (C=O) groups is 3. The molecule has 1 amide bonds. The first kappa shape index (κ1) is 34.8. The van der Waals surface area contributed by atoms with Crippen LogP contribution in [0.15, 0.2) is 0 Å². The number of ether oxygens (including phenoxy) is 2. The quantitative estimate of drug-likeness (QED) is 0.168. The van der Waals surface area contributed by atoms with E-state index in [-0.39, 0.29) is 33.3 Å². The minimum Gasteiger partial charge on any atom is -0.440 e. The summed E-state index contributed by atoms with van der Waals surface area (Å²) in [4.78, 5) is 33.0. The number of amides is 1. The molecule has 0 aromatic carbocycles.